The lowest BCUT2D eigenvalue weighted by atomic mass is 10.1. The minimum absolute atomic E-state index is 0.0181. The van der Waals surface area contributed by atoms with E-state index in [1.165, 1.54) is 36.4 Å². The molecule has 10 heteroatoms. The van der Waals surface area contributed by atoms with E-state index in [9.17, 15) is 23.3 Å². The van der Waals surface area contributed by atoms with Crippen LogP contribution >= 0.6 is 0 Å². The molecule has 170 valence electrons. The Labute approximate surface area is 191 Å². The van der Waals surface area contributed by atoms with Crippen molar-refractivity contribution >= 4 is 33.0 Å². The third-order valence-electron chi connectivity index (χ3n) is 4.78. The SMILES string of the molecule is C/C(=N/NC(=O)CN(c1ccc([N+](=O)[O-])cc1)S(=O)(=O)c1ccccc1)c1ccc(C)cc1. The monoisotopic (exact) mass is 466 g/mol. The molecule has 3 rings (SSSR count). The molecule has 0 fully saturated rings. The van der Waals surface area contributed by atoms with Crippen LogP contribution in [-0.4, -0.2) is 31.5 Å². The summed E-state index contributed by atoms with van der Waals surface area (Å²) in [7, 11) is -4.12. The van der Waals surface area contributed by atoms with Crippen LogP contribution in [0.15, 0.2) is 88.9 Å². The number of hydrazone groups is 1. The van der Waals surface area contributed by atoms with E-state index in [0.717, 1.165) is 15.4 Å². The van der Waals surface area contributed by atoms with Gasteiger partial charge in [0.1, 0.15) is 6.54 Å². The summed E-state index contributed by atoms with van der Waals surface area (Å²) >= 11 is 0. The highest BCUT2D eigenvalue weighted by atomic mass is 32.2. The summed E-state index contributed by atoms with van der Waals surface area (Å²) in [6.07, 6.45) is 0. The van der Waals surface area contributed by atoms with Crippen LogP contribution in [0.25, 0.3) is 0 Å². The Morgan fingerprint density at radius 1 is 1.00 bits per heavy atom. The Hall–Kier alpha value is -4.05. The third-order valence-corrected chi connectivity index (χ3v) is 6.57. The molecule has 0 aliphatic carbocycles. The number of nitrogens with one attached hydrogen (secondary N) is 1. The molecule has 1 N–H and O–H groups in total. The van der Waals surface area contributed by atoms with Gasteiger partial charge in [0.2, 0.25) is 0 Å². The minimum atomic E-state index is -4.12. The first kappa shape index (κ1) is 23.6. The van der Waals surface area contributed by atoms with E-state index >= 15 is 0 Å². The number of rotatable bonds is 8. The maximum atomic E-state index is 13.3. The zero-order valence-corrected chi connectivity index (χ0v) is 18.8. The predicted molar refractivity (Wildman–Crippen MR) is 126 cm³/mol. The summed E-state index contributed by atoms with van der Waals surface area (Å²) < 4.78 is 27.4. The number of hydrogen-bond donors (Lipinski definition) is 1. The van der Waals surface area contributed by atoms with Crippen molar-refractivity contribution < 1.29 is 18.1 Å². The van der Waals surface area contributed by atoms with Crippen molar-refractivity contribution in [2.24, 2.45) is 5.10 Å². The van der Waals surface area contributed by atoms with E-state index in [4.69, 9.17) is 0 Å². The lowest BCUT2D eigenvalue weighted by molar-refractivity contribution is -0.384. The highest BCUT2D eigenvalue weighted by molar-refractivity contribution is 7.92. The second-order valence-corrected chi connectivity index (χ2v) is 9.06. The van der Waals surface area contributed by atoms with Crippen LogP contribution in [-0.2, 0) is 14.8 Å². The largest absolute Gasteiger partial charge is 0.271 e. The number of non-ortho nitro benzene ring substituents is 1. The molecule has 0 aliphatic rings. The number of nitrogens with zero attached hydrogens (tertiary/aromatic N) is 3. The van der Waals surface area contributed by atoms with Crippen molar-refractivity contribution in [3.63, 3.8) is 0 Å². The van der Waals surface area contributed by atoms with Crippen molar-refractivity contribution in [1.29, 1.82) is 0 Å². The topological polar surface area (TPSA) is 122 Å². The van der Waals surface area contributed by atoms with Gasteiger partial charge in [-0.25, -0.2) is 13.8 Å². The summed E-state index contributed by atoms with van der Waals surface area (Å²) in [5, 5.41) is 15.0. The number of aryl methyl sites for hydroxylation is 1. The molecule has 0 radical (unpaired) electrons. The van der Waals surface area contributed by atoms with Gasteiger partial charge in [-0.3, -0.25) is 19.2 Å². The Morgan fingerprint density at radius 2 is 1.61 bits per heavy atom. The number of hydrogen-bond acceptors (Lipinski definition) is 6. The molecule has 0 spiro atoms. The van der Waals surface area contributed by atoms with Crippen LogP contribution in [0.3, 0.4) is 0 Å². The van der Waals surface area contributed by atoms with Gasteiger partial charge in [-0.2, -0.15) is 5.10 Å². The van der Waals surface area contributed by atoms with E-state index in [2.05, 4.69) is 10.5 Å². The van der Waals surface area contributed by atoms with Gasteiger partial charge in [0, 0.05) is 12.1 Å². The molecule has 0 aromatic heterocycles. The molecule has 0 unspecified atom stereocenters. The lowest BCUT2D eigenvalue weighted by Gasteiger charge is -2.23. The molecule has 3 aromatic carbocycles. The first-order valence-corrected chi connectivity index (χ1v) is 11.3. The van der Waals surface area contributed by atoms with Crippen molar-refractivity contribution in [2.45, 2.75) is 18.7 Å². The maximum Gasteiger partial charge on any atom is 0.269 e. The fraction of sp³-hybridized carbons (Fsp3) is 0.130. The average Bonchev–Trinajstić information content (AvgIpc) is 2.82. The van der Waals surface area contributed by atoms with Crippen LogP contribution in [0.4, 0.5) is 11.4 Å². The third kappa shape index (κ3) is 5.80. The van der Waals surface area contributed by atoms with Crippen LogP contribution in [0.1, 0.15) is 18.1 Å². The molecule has 9 nitrogen and oxygen atoms in total. The van der Waals surface area contributed by atoms with Crippen LogP contribution in [0, 0.1) is 17.0 Å². The summed E-state index contributed by atoms with van der Waals surface area (Å²) in [6.45, 7) is 3.11. The number of amides is 1. The zero-order chi connectivity index (χ0) is 24.0. The number of carbonyl (C=O) groups is 1. The normalized spacial score (nSPS) is 11.6. The van der Waals surface area contributed by atoms with Gasteiger partial charge in [0.15, 0.2) is 0 Å². The fourth-order valence-electron chi connectivity index (χ4n) is 2.95. The molecule has 0 saturated carbocycles. The van der Waals surface area contributed by atoms with Gasteiger partial charge in [0.25, 0.3) is 21.6 Å². The smallest absolute Gasteiger partial charge is 0.269 e. The van der Waals surface area contributed by atoms with E-state index < -0.39 is 27.4 Å². The molecule has 0 saturated heterocycles. The number of nitro benzene ring substituents is 1. The molecule has 0 bridgehead atoms. The molecular weight excluding hydrogens is 444 g/mol. The summed E-state index contributed by atoms with van der Waals surface area (Å²) in [4.78, 5) is 23.0. The summed E-state index contributed by atoms with van der Waals surface area (Å²) in [5.74, 6) is -0.667. The van der Waals surface area contributed by atoms with Gasteiger partial charge in [0.05, 0.1) is 21.2 Å². The second kappa shape index (κ2) is 10.0. The van der Waals surface area contributed by atoms with Gasteiger partial charge in [-0.1, -0.05) is 48.0 Å². The first-order valence-electron chi connectivity index (χ1n) is 9.91. The Bertz CT molecular complexity index is 1270. The lowest BCUT2D eigenvalue weighted by Crippen LogP contribution is -2.39. The highest BCUT2D eigenvalue weighted by Crippen LogP contribution is 2.25. The van der Waals surface area contributed by atoms with Crippen LogP contribution in [0.5, 0.6) is 0 Å². The Balaban J connectivity index is 1.87. The predicted octanol–water partition coefficient (Wildman–Crippen LogP) is 3.64. The van der Waals surface area contributed by atoms with E-state index in [0.29, 0.717) is 5.71 Å². The van der Waals surface area contributed by atoms with Crippen molar-refractivity contribution in [1.82, 2.24) is 5.43 Å². The molecule has 33 heavy (non-hydrogen) atoms. The number of benzene rings is 3. The van der Waals surface area contributed by atoms with Crippen LogP contribution < -0.4 is 9.73 Å². The number of carbonyl (C=O) groups excluding carboxylic acids is 1. The van der Waals surface area contributed by atoms with Crippen molar-refractivity contribution in [3.8, 4) is 0 Å². The van der Waals surface area contributed by atoms with E-state index in [-0.39, 0.29) is 16.3 Å². The van der Waals surface area contributed by atoms with Crippen molar-refractivity contribution in [3.05, 3.63) is 100 Å². The molecule has 3 aromatic rings. The molecule has 1 amide bonds. The number of sulfonamides is 1. The summed E-state index contributed by atoms with van der Waals surface area (Å²) in [6, 6.07) is 20.1. The fourth-order valence-corrected chi connectivity index (χ4v) is 4.39. The molecular formula is C23H22N4O5S. The average molecular weight is 467 g/mol. The van der Waals surface area contributed by atoms with E-state index in [1.54, 1.807) is 25.1 Å². The van der Waals surface area contributed by atoms with Crippen molar-refractivity contribution in [2.75, 3.05) is 10.8 Å². The zero-order valence-electron chi connectivity index (χ0n) is 18.0. The standard InChI is InChI=1S/C23H22N4O5S/c1-17-8-10-19(11-9-17)18(2)24-25-23(28)16-26(20-12-14-21(15-13-20)27(29)30)33(31,32)22-6-4-3-5-7-22/h3-15H,16H2,1-2H3,(H,25,28)/b24-18-. The quantitative estimate of drug-likeness (QED) is 0.309. The van der Waals surface area contributed by atoms with Gasteiger partial charge < -0.3 is 0 Å². The maximum absolute atomic E-state index is 13.3. The highest BCUT2D eigenvalue weighted by Gasteiger charge is 2.27. The minimum Gasteiger partial charge on any atom is -0.271 e. The molecule has 0 atom stereocenters. The van der Waals surface area contributed by atoms with Gasteiger partial charge in [-0.05, 0) is 43.7 Å². The van der Waals surface area contributed by atoms with E-state index in [1.807, 2.05) is 31.2 Å². The second-order valence-electron chi connectivity index (χ2n) is 7.20. The Kier molecular flexibility index (Phi) is 7.19. The first-order chi connectivity index (χ1) is 15.7. The van der Waals surface area contributed by atoms with Gasteiger partial charge >= 0.3 is 0 Å². The van der Waals surface area contributed by atoms with Gasteiger partial charge in [-0.15, -0.1) is 0 Å². The summed E-state index contributed by atoms with van der Waals surface area (Å²) in [5.41, 5.74) is 4.74. The number of anilines is 1. The number of nitro groups is 1. The molecule has 0 aliphatic heterocycles. The Morgan fingerprint density at radius 3 is 2.18 bits per heavy atom. The molecule has 0 heterocycles. The van der Waals surface area contributed by atoms with Crippen LogP contribution in [0.2, 0.25) is 0 Å².